The fourth-order valence-corrected chi connectivity index (χ4v) is 3.24. The van der Waals surface area contributed by atoms with Gasteiger partial charge in [-0.1, -0.05) is 19.1 Å². The minimum absolute atomic E-state index is 0.0409. The van der Waals surface area contributed by atoms with Crippen LogP contribution in [0.2, 0.25) is 0 Å². The van der Waals surface area contributed by atoms with Crippen molar-refractivity contribution in [1.82, 2.24) is 5.32 Å². The van der Waals surface area contributed by atoms with Crippen molar-refractivity contribution in [2.45, 2.75) is 31.2 Å². The van der Waals surface area contributed by atoms with Gasteiger partial charge in [0.25, 0.3) is 11.6 Å². The van der Waals surface area contributed by atoms with Crippen molar-refractivity contribution in [3.8, 4) is 5.75 Å². The Morgan fingerprint density at radius 3 is 2.62 bits per heavy atom. The van der Waals surface area contributed by atoms with Crippen LogP contribution in [0.15, 0.2) is 47.4 Å². The fraction of sp³-hybridized carbons (Fsp3) is 0.300. The molecule has 29 heavy (non-hydrogen) atoms. The minimum Gasteiger partial charge on any atom is -0.495 e. The van der Waals surface area contributed by atoms with E-state index in [0.29, 0.717) is 16.3 Å². The first-order chi connectivity index (χ1) is 13.8. The topological polar surface area (TPSA) is 111 Å². The summed E-state index contributed by atoms with van der Waals surface area (Å²) in [6, 6.07) is 11.1. The Labute approximate surface area is 173 Å². The van der Waals surface area contributed by atoms with E-state index in [1.807, 2.05) is 13.8 Å². The third-order valence-corrected chi connectivity index (χ3v) is 5.21. The number of anilines is 1. The molecule has 2 amide bonds. The van der Waals surface area contributed by atoms with Crippen LogP contribution < -0.4 is 15.4 Å². The number of nitrogens with zero attached hydrogens (tertiary/aromatic N) is 1. The van der Waals surface area contributed by atoms with Crippen LogP contribution in [0.25, 0.3) is 0 Å². The first kappa shape index (κ1) is 22.2. The highest BCUT2D eigenvalue weighted by Gasteiger charge is 2.20. The number of nitro benzene ring substituents is 1. The highest BCUT2D eigenvalue weighted by atomic mass is 32.2. The van der Waals surface area contributed by atoms with E-state index in [-0.39, 0.29) is 29.0 Å². The number of nitro groups is 1. The van der Waals surface area contributed by atoms with Gasteiger partial charge < -0.3 is 15.4 Å². The molecule has 8 nitrogen and oxygen atoms in total. The number of methoxy groups -OCH3 is 1. The average Bonchev–Trinajstić information content (AvgIpc) is 2.72. The minimum atomic E-state index is -0.561. The van der Waals surface area contributed by atoms with Crippen molar-refractivity contribution >= 4 is 35.0 Å². The maximum Gasteiger partial charge on any atom is 0.283 e. The van der Waals surface area contributed by atoms with E-state index in [4.69, 9.17) is 4.74 Å². The van der Waals surface area contributed by atoms with E-state index in [1.54, 1.807) is 24.3 Å². The summed E-state index contributed by atoms with van der Waals surface area (Å²) in [4.78, 5) is 35.7. The monoisotopic (exact) mass is 417 g/mol. The van der Waals surface area contributed by atoms with E-state index in [2.05, 4.69) is 10.6 Å². The number of para-hydroxylation sites is 2. The Morgan fingerprint density at radius 2 is 1.97 bits per heavy atom. The maximum absolute atomic E-state index is 12.5. The molecule has 9 heteroatoms. The van der Waals surface area contributed by atoms with Gasteiger partial charge in [-0.25, -0.2) is 0 Å². The molecule has 154 valence electrons. The van der Waals surface area contributed by atoms with Crippen LogP contribution in [0.4, 0.5) is 11.4 Å². The molecule has 2 N–H and O–H groups in total. The zero-order valence-electron chi connectivity index (χ0n) is 16.4. The molecule has 0 bridgehead atoms. The second kappa shape index (κ2) is 10.5. The summed E-state index contributed by atoms with van der Waals surface area (Å²) in [5, 5.41) is 17.0. The quantitative estimate of drug-likeness (QED) is 0.364. The third-order valence-electron chi connectivity index (χ3n) is 4.15. The van der Waals surface area contributed by atoms with Gasteiger partial charge in [-0.3, -0.25) is 19.7 Å². The number of rotatable bonds is 9. The molecule has 0 saturated carbocycles. The molecular formula is C20H23N3O5S. The number of ether oxygens (including phenoxy) is 1. The summed E-state index contributed by atoms with van der Waals surface area (Å²) in [6.45, 7) is 3.85. The van der Waals surface area contributed by atoms with Gasteiger partial charge in [-0.05, 0) is 37.6 Å². The van der Waals surface area contributed by atoms with Crippen LogP contribution in [0.1, 0.15) is 30.6 Å². The van der Waals surface area contributed by atoms with Gasteiger partial charge in [0.05, 0.1) is 28.4 Å². The Bertz CT molecular complexity index is 903. The van der Waals surface area contributed by atoms with Gasteiger partial charge in [-0.15, -0.1) is 11.8 Å². The van der Waals surface area contributed by atoms with Crippen molar-refractivity contribution < 1.29 is 19.2 Å². The first-order valence-electron chi connectivity index (χ1n) is 9.00. The Hall–Kier alpha value is -3.07. The third kappa shape index (κ3) is 6.21. The van der Waals surface area contributed by atoms with Gasteiger partial charge in [0.1, 0.15) is 5.75 Å². The normalized spacial score (nSPS) is 11.4. The Kier molecular flexibility index (Phi) is 8.02. The van der Waals surface area contributed by atoms with Gasteiger partial charge in [0, 0.05) is 17.7 Å². The lowest BCUT2D eigenvalue weighted by Gasteiger charge is -2.12. The van der Waals surface area contributed by atoms with Crippen LogP contribution in [-0.4, -0.2) is 35.6 Å². The van der Waals surface area contributed by atoms with Gasteiger partial charge in [0.15, 0.2) is 0 Å². The van der Waals surface area contributed by atoms with E-state index in [0.717, 1.165) is 18.2 Å². The Balaban J connectivity index is 2.15. The fourth-order valence-electron chi connectivity index (χ4n) is 2.43. The van der Waals surface area contributed by atoms with Crippen molar-refractivity contribution in [3.63, 3.8) is 0 Å². The zero-order valence-corrected chi connectivity index (χ0v) is 17.2. The van der Waals surface area contributed by atoms with E-state index < -0.39 is 10.8 Å². The van der Waals surface area contributed by atoms with Crippen molar-refractivity contribution in [2.24, 2.45) is 0 Å². The van der Waals surface area contributed by atoms with Crippen molar-refractivity contribution in [1.29, 1.82) is 0 Å². The van der Waals surface area contributed by atoms with Crippen molar-refractivity contribution in [3.05, 3.63) is 58.1 Å². The molecule has 2 rings (SSSR count). The highest BCUT2D eigenvalue weighted by molar-refractivity contribution is 8.00. The lowest BCUT2D eigenvalue weighted by molar-refractivity contribution is -0.387. The number of hydrogen-bond acceptors (Lipinski definition) is 6. The molecule has 0 fully saturated rings. The van der Waals surface area contributed by atoms with Crippen LogP contribution in [0.5, 0.6) is 5.75 Å². The summed E-state index contributed by atoms with van der Waals surface area (Å²) in [5.41, 5.74) is 0.373. The maximum atomic E-state index is 12.5. The first-order valence-corrected chi connectivity index (χ1v) is 9.99. The lowest BCUT2D eigenvalue weighted by Crippen LogP contribution is -2.33. The van der Waals surface area contributed by atoms with Crippen molar-refractivity contribution in [2.75, 3.05) is 18.2 Å². The van der Waals surface area contributed by atoms with Crippen LogP contribution in [0, 0.1) is 10.1 Å². The highest BCUT2D eigenvalue weighted by Crippen LogP contribution is 2.31. The number of carbonyl (C=O) groups excluding carboxylic acids is 2. The van der Waals surface area contributed by atoms with Gasteiger partial charge in [0.2, 0.25) is 5.91 Å². The summed E-state index contributed by atoms with van der Waals surface area (Å²) in [7, 11) is 1.49. The standard InChI is InChI=1S/C20H23N3O5S/c1-4-13(2)21-19(24)12-29-18-10-9-14(11-16(18)23(26)27)20(25)22-15-7-5-6-8-17(15)28-3/h5-11,13H,4,12H2,1-3H3,(H,21,24)(H,22,25)/t13-/m1/s1. The molecule has 0 radical (unpaired) electrons. The second-order valence-electron chi connectivity index (χ2n) is 6.26. The van der Waals surface area contributed by atoms with Gasteiger partial charge >= 0.3 is 0 Å². The van der Waals surface area contributed by atoms with E-state index >= 15 is 0 Å². The number of amides is 2. The van der Waals surface area contributed by atoms with Gasteiger partial charge in [-0.2, -0.15) is 0 Å². The predicted octanol–water partition coefficient (Wildman–Crippen LogP) is 3.86. The molecule has 0 spiro atoms. The smallest absolute Gasteiger partial charge is 0.283 e. The number of nitrogens with one attached hydrogen (secondary N) is 2. The summed E-state index contributed by atoms with van der Waals surface area (Å²) in [6.07, 6.45) is 0.798. The largest absolute Gasteiger partial charge is 0.495 e. The number of thioether (sulfide) groups is 1. The molecule has 0 aliphatic rings. The summed E-state index contributed by atoms with van der Waals surface area (Å²) in [5.74, 6) is -0.159. The molecular weight excluding hydrogens is 394 g/mol. The second-order valence-corrected chi connectivity index (χ2v) is 7.28. The van der Waals surface area contributed by atoms with E-state index in [9.17, 15) is 19.7 Å². The molecule has 0 aromatic heterocycles. The molecule has 0 aliphatic heterocycles. The summed E-state index contributed by atoms with van der Waals surface area (Å²) < 4.78 is 5.19. The summed E-state index contributed by atoms with van der Waals surface area (Å²) >= 11 is 1.06. The number of carbonyl (C=O) groups is 2. The van der Waals surface area contributed by atoms with Crippen LogP contribution in [-0.2, 0) is 4.79 Å². The molecule has 0 heterocycles. The molecule has 0 aliphatic carbocycles. The lowest BCUT2D eigenvalue weighted by atomic mass is 10.2. The molecule has 0 saturated heterocycles. The number of benzene rings is 2. The average molecular weight is 417 g/mol. The molecule has 1 atom stereocenters. The van der Waals surface area contributed by atoms with Crippen LogP contribution in [0.3, 0.4) is 0 Å². The number of hydrogen-bond donors (Lipinski definition) is 2. The van der Waals surface area contributed by atoms with Crippen LogP contribution >= 0.6 is 11.8 Å². The SMILES string of the molecule is CC[C@@H](C)NC(=O)CSc1ccc(C(=O)Nc2ccccc2OC)cc1[N+](=O)[O-]. The predicted molar refractivity (Wildman–Crippen MR) is 113 cm³/mol. The Morgan fingerprint density at radius 1 is 1.24 bits per heavy atom. The molecule has 0 unspecified atom stereocenters. The van der Waals surface area contributed by atoms with E-state index in [1.165, 1.54) is 25.3 Å². The molecule has 2 aromatic rings. The molecule has 2 aromatic carbocycles. The zero-order chi connectivity index (χ0) is 21.4.